The van der Waals surface area contributed by atoms with Crippen LogP contribution in [0.1, 0.15) is 16.8 Å². The zero-order valence-electron chi connectivity index (χ0n) is 10.4. The molecule has 7 heteroatoms. The van der Waals surface area contributed by atoms with Crippen molar-refractivity contribution in [2.24, 2.45) is 5.73 Å². The second-order valence-electron chi connectivity index (χ2n) is 4.24. The fourth-order valence-corrected chi connectivity index (χ4v) is 2.18. The molecule has 1 aliphatic rings. The Balaban J connectivity index is 2.46. The smallest absolute Gasteiger partial charge is 0.239 e. The highest BCUT2D eigenvalue weighted by atomic mass is 32.1. The van der Waals surface area contributed by atoms with Gasteiger partial charge in [0.1, 0.15) is 4.99 Å². The number of rotatable bonds is 2. The van der Waals surface area contributed by atoms with Crippen LogP contribution in [0.5, 0.6) is 0 Å². The summed E-state index contributed by atoms with van der Waals surface area (Å²) >= 11 is 5.08. The van der Waals surface area contributed by atoms with Gasteiger partial charge in [-0.2, -0.15) is 5.10 Å². The minimum absolute atomic E-state index is 0.0323. The molecule has 1 aromatic rings. The number of carbonyl (C=O) groups excluding carboxylic acids is 1. The van der Waals surface area contributed by atoms with Gasteiger partial charge in [-0.3, -0.25) is 4.79 Å². The Hall–Kier alpha value is -1.76. The van der Waals surface area contributed by atoms with Crippen LogP contribution in [0.3, 0.4) is 0 Å². The molecule has 1 aromatic heterocycles. The summed E-state index contributed by atoms with van der Waals surface area (Å²) in [6.45, 7) is 5.29. The van der Waals surface area contributed by atoms with Crippen LogP contribution >= 0.6 is 12.2 Å². The molecule has 0 bridgehead atoms. The molecule has 0 radical (unpaired) electrons. The van der Waals surface area contributed by atoms with Crippen molar-refractivity contribution in [3.8, 4) is 0 Å². The maximum atomic E-state index is 11.4. The molecule has 1 fully saturated rings. The number of hydrogen-bond donors (Lipinski definition) is 2. The van der Waals surface area contributed by atoms with Crippen molar-refractivity contribution < 1.29 is 4.79 Å². The van der Waals surface area contributed by atoms with Gasteiger partial charge in [0.15, 0.2) is 5.82 Å². The van der Waals surface area contributed by atoms with Crippen molar-refractivity contribution in [2.75, 3.05) is 24.5 Å². The molecule has 1 amide bonds. The van der Waals surface area contributed by atoms with Gasteiger partial charge in [0.2, 0.25) is 5.91 Å². The zero-order chi connectivity index (χ0) is 13.3. The number of carbonyl (C=O) groups is 1. The average molecular weight is 265 g/mol. The first-order chi connectivity index (χ1) is 8.50. The molecule has 1 saturated heterocycles. The molecule has 6 nitrogen and oxygen atoms in total. The Morgan fingerprint density at radius 1 is 1.44 bits per heavy atom. The van der Waals surface area contributed by atoms with Crippen molar-refractivity contribution in [2.45, 2.75) is 13.8 Å². The van der Waals surface area contributed by atoms with Crippen LogP contribution in [0.25, 0.3) is 0 Å². The van der Waals surface area contributed by atoms with E-state index in [0.717, 1.165) is 11.3 Å². The molecule has 2 heterocycles. The van der Waals surface area contributed by atoms with Crippen molar-refractivity contribution in [1.82, 2.24) is 15.5 Å². The number of hydrogen-bond acceptors (Lipinski definition) is 5. The number of aryl methyl sites for hydroxylation is 1. The first kappa shape index (κ1) is 12.7. The van der Waals surface area contributed by atoms with Crippen LogP contribution in [0.4, 0.5) is 5.82 Å². The van der Waals surface area contributed by atoms with E-state index in [-0.39, 0.29) is 17.4 Å². The fraction of sp³-hybridized carbons (Fsp3) is 0.455. The van der Waals surface area contributed by atoms with E-state index in [0.29, 0.717) is 24.5 Å². The Morgan fingerprint density at radius 2 is 2.17 bits per heavy atom. The maximum absolute atomic E-state index is 11.4. The van der Waals surface area contributed by atoms with Gasteiger partial charge in [0.05, 0.1) is 17.8 Å². The van der Waals surface area contributed by atoms with Crippen molar-refractivity contribution in [1.29, 1.82) is 0 Å². The number of amides is 1. The normalized spacial score (nSPS) is 15.4. The van der Waals surface area contributed by atoms with Crippen LogP contribution in [-0.2, 0) is 4.79 Å². The molecule has 96 valence electrons. The van der Waals surface area contributed by atoms with Gasteiger partial charge in [0.25, 0.3) is 0 Å². The van der Waals surface area contributed by atoms with Gasteiger partial charge >= 0.3 is 0 Å². The molecule has 2 rings (SSSR count). The van der Waals surface area contributed by atoms with E-state index in [1.165, 1.54) is 0 Å². The monoisotopic (exact) mass is 265 g/mol. The summed E-state index contributed by atoms with van der Waals surface area (Å²) < 4.78 is 0. The topological polar surface area (TPSA) is 84.1 Å². The maximum Gasteiger partial charge on any atom is 0.239 e. The average Bonchev–Trinajstić information content (AvgIpc) is 2.32. The molecule has 0 aromatic carbocycles. The predicted molar refractivity (Wildman–Crippen MR) is 72.6 cm³/mol. The molecule has 3 N–H and O–H groups in total. The minimum atomic E-state index is -0.0323. The van der Waals surface area contributed by atoms with Crippen molar-refractivity contribution in [3.63, 3.8) is 0 Å². The lowest BCUT2D eigenvalue weighted by atomic mass is 10.1. The third kappa shape index (κ3) is 2.26. The third-order valence-electron chi connectivity index (χ3n) is 3.02. The van der Waals surface area contributed by atoms with E-state index in [1.807, 2.05) is 18.7 Å². The van der Waals surface area contributed by atoms with Gasteiger partial charge in [0, 0.05) is 13.1 Å². The lowest BCUT2D eigenvalue weighted by Gasteiger charge is -2.29. The summed E-state index contributed by atoms with van der Waals surface area (Å²) in [6, 6.07) is 0. The third-order valence-corrected chi connectivity index (χ3v) is 3.22. The van der Waals surface area contributed by atoms with Gasteiger partial charge in [-0.15, -0.1) is 5.10 Å². The lowest BCUT2D eigenvalue weighted by molar-refractivity contribution is -0.120. The van der Waals surface area contributed by atoms with E-state index in [2.05, 4.69) is 15.5 Å². The number of nitrogens with one attached hydrogen (secondary N) is 1. The minimum Gasteiger partial charge on any atom is -0.389 e. The van der Waals surface area contributed by atoms with Crippen LogP contribution < -0.4 is 16.0 Å². The standard InChI is InChI=1S/C11H15N5OS/c1-6-7(2)14-15-11(9(6)10(12)18)16-4-3-13-8(17)5-16/h3-5H2,1-2H3,(H2,12,18)(H,13,17). The molecular formula is C11H15N5OS. The van der Waals surface area contributed by atoms with Crippen LogP contribution in [0, 0.1) is 13.8 Å². The number of nitrogens with zero attached hydrogens (tertiary/aromatic N) is 3. The fourth-order valence-electron chi connectivity index (χ4n) is 1.93. The molecule has 0 saturated carbocycles. The predicted octanol–water partition coefficient (Wildman–Crippen LogP) is -0.336. The Kier molecular flexibility index (Phi) is 3.42. The largest absolute Gasteiger partial charge is 0.389 e. The summed E-state index contributed by atoms with van der Waals surface area (Å²) in [5, 5.41) is 11.0. The summed E-state index contributed by atoms with van der Waals surface area (Å²) in [5.41, 5.74) is 8.19. The molecule has 0 aliphatic carbocycles. The Labute approximate surface area is 111 Å². The molecule has 0 spiro atoms. The summed E-state index contributed by atoms with van der Waals surface area (Å²) in [4.78, 5) is 13.6. The van der Waals surface area contributed by atoms with Crippen LogP contribution in [0.15, 0.2) is 0 Å². The molecule has 0 unspecified atom stereocenters. The molecule has 0 atom stereocenters. The highest BCUT2D eigenvalue weighted by Gasteiger charge is 2.23. The number of anilines is 1. The first-order valence-corrected chi connectivity index (χ1v) is 6.07. The zero-order valence-corrected chi connectivity index (χ0v) is 11.2. The van der Waals surface area contributed by atoms with Gasteiger partial charge in [-0.05, 0) is 19.4 Å². The van der Waals surface area contributed by atoms with Gasteiger partial charge in [-0.25, -0.2) is 0 Å². The van der Waals surface area contributed by atoms with E-state index < -0.39 is 0 Å². The second kappa shape index (κ2) is 4.85. The molecule has 18 heavy (non-hydrogen) atoms. The highest BCUT2D eigenvalue weighted by molar-refractivity contribution is 7.80. The van der Waals surface area contributed by atoms with Crippen molar-refractivity contribution in [3.05, 3.63) is 16.8 Å². The summed E-state index contributed by atoms with van der Waals surface area (Å²) in [7, 11) is 0. The highest BCUT2D eigenvalue weighted by Crippen LogP contribution is 2.22. The number of aromatic nitrogens is 2. The van der Waals surface area contributed by atoms with E-state index in [4.69, 9.17) is 18.0 Å². The number of thiocarbonyl (C=S) groups is 1. The van der Waals surface area contributed by atoms with Gasteiger partial charge < -0.3 is 16.0 Å². The quantitative estimate of drug-likeness (QED) is 0.712. The first-order valence-electron chi connectivity index (χ1n) is 5.66. The van der Waals surface area contributed by atoms with E-state index in [1.54, 1.807) is 0 Å². The van der Waals surface area contributed by atoms with E-state index in [9.17, 15) is 4.79 Å². The number of nitrogens with two attached hydrogens (primary N) is 1. The molecule has 1 aliphatic heterocycles. The molecular weight excluding hydrogens is 250 g/mol. The number of piperazine rings is 1. The lowest BCUT2D eigenvalue weighted by Crippen LogP contribution is -2.48. The SMILES string of the molecule is Cc1nnc(N2CCNC(=O)C2)c(C(N)=S)c1C. The summed E-state index contributed by atoms with van der Waals surface area (Å²) in [5.74, 6) is 0.565. The Bertz CT molecular complexity index is 516. The Morgan fingerprint density at radius 3 is 2.78 bits per heavy atom. The van der Waals surface area contributed by atoms with Crippen molar-refractivity contribution >= 4 is 28.9 Å². The van der Waals surface area contributed by atoms with Crippen LogP contribution in [-0.4, -0.2) is 40.7 Å². The van der Waals surface area contributed by atoms with Crippen LogP contribution in [0.2, 0.25) is 0 Å². The second-order valence-corrected chi connectivity index (χ2v) is 4.68. The van der Waals surface area contributed by atoms with Gasteiger partial charge in [-0.1, -0.05) is 12.2 Å². The summed E-state index contributed by atoms with van der Waals surface area (Å²) in [6.07, 6.45) is 0. The van der Waals surface area contributed by atoms with E-state index >= 15 is 0 Å².